The van der Waals surface area contributed by atoms with Crippen molar-refractivity contribution in [3.8, 4) is 0 Å². The van der Waals surface area contributed by atoms with Gasteiger partial charge in [0.25, 0.3) is 0 Å². The molecule has 4 atom stereocenters. The van der Waals surface area contributed by atoms with Gasteiger partial charge in [0, 0.05) is 0 Å². The molecule has 0 aliphatic rings. The van der Waals surface area contributed by atoms with Gasteiger partial charge in [-0.3, -0.25) is 4.79 Å². The van der Waals surface area contributed by atoms with Crippen LogP contribution in [0.3, 0.4) is 0 Å². The molecule has 7 nitrogen and oxygen atoms in total. The van der Waals surface area contributed by atoms with E-state index in [1.165, 1.54) is 0 Å². The SMILES string of the molecule is CC(C(=O)O)[C@@H](O)C(O)C(O)C(O)O. The van der Waals surface area contributed by atoms with Crippen LogP contribution in [0, 0.1) is 5.92 Å². The summed E-state index contributed by atoms with van der Waals surface area (Å²) in [5.74, 6) is -2.69. The van der Waals surface area contributed by atoms with Gasteiger partial charge >= 0.3 is 5.97 Å². The first-order chi connectivity index (χ1) is 6.29. The van der Waals surface area contributed by atoms with Crippen LogP contribution in [0.15, 0.2) is 0 Å². The molecular formula is C7H14O7. The highest BCUT2D eigenvalue weighted by atomic mass is 16.5. The van der Waals surface area contributed by atoms with Crippen LogP contribution in [-0.4, -0.2) is 61.2 Å². The Labute approximate surface area is 79.9 Å². The maximum Gasteiger partial charge on any atom is 0.308 e. The Morgan fingerprint density at radius 3 is 1.64 bits per heavy atom. The number of rotatable bonds is 5. The van der Waals surface area contributed by atoms with Crippen LogP contribution in [0.25, 0.3) is 0 Å². The number of aliphatic hydroxyl groups excluding tert-OH is 4. The number of carboxylic acid groups (broad SMARTS) is 1. The van der Waals surface area contributed by atoms with Gasteiger partial charge < -0.3 is 30.6 Å². The minimum Gasteiger partial charge on any atom is -0.481 e. The van der Waals surface area contributed by atoms with Gasteiger partial charge in [-0.1, -0.05) is 0 Å². The molecule has 0 bridgehead atoms. The van der Waals surface area contributed by atoms with E-state index in [0.717, 1.165) is 6.92 Å². The van der Waals surface area contributed by atoms with Crippen LogP contribution >= 0.6 is 0 Å². The molecule has 0 heterocycles. The fourth-order valence-corrected chi connectivity index (χ4v) is 0.820. The number of aliphatic carboxylic acids is 1. The molecule has 0 rings (SSSR count). The predicted molar refractivity (Wildman–Crippen MR) is 43.0 cm³/mol. The molecule has 0 aliphatic carbocycles. The van der Waals surface area contributed by atoms with E-state index >= 15 is 0 Å². The summed E-state index contributed by atoms with van der Waals surface area (Å²) in [6.07, 6.45) is -7.95. The molecule has 14 heavy (non-hydrogen) atoms. The molecule has 3 unspecified atom stereocenters. The Hall–Kier alpha value is -0.730. The van der Waals surface area contributed by atoms with Gasteiger partial charge in [-0.25, -0.2) is 0 Å². The van der Waals surface area contributed by atoms with E-state index < -0.39 is 36.5 Å². The van der Waals surface area contributed by atoms with E-state index in [2.05, 4.69) is 0 Å². The lowest BCUT2D eigenvalue weighted by atomic mass is 9.96. The van der Waals surface area contributed by atoms with Gasteiger partial charge in [0.2, 0.25) is 0 Å². The Morgan fingerprint density at radius 1 is 0.929 bits per heavy atom. The lowest BCUT2D eigenvalue weighted by molar-refractivity contribution is -0.186. The van der Waals surface area contributed by atoms with Crippen molar-refractivity contribution >= 4 is 5.97 Å². The van der Waals surface area contributed by atoms with Gasteiger partial charge in [0.05, 0.1) is 12.0 Å². The molecule has 0 amide bonds. The topological polar surface area (TPSA) is 138 Å². The van der Waals surface area contributed by atoms with Crippen LogP contribution in [-0.2, 0) is 4.79 Å². The second-order valence-corrected chi connectivity index (χ2v) is 3.01. The molecule has 7 heteroatoms. The smallest absolute Gasteiger partial charge is 0.308 e. The number of aliphatic hydroxyl groups is 5. The third-order valence-corrected chi connectivity index (χ3v) is 1.91. The van der Waals surface area contributed by atoms with Crippen molar-refractivity contribution in [1.82, 2.24) is 0 Å². The predicted octanol–water partition coefficient (Wildman–Crippen LogP) is -2.90. The molecule has 0 aromatic rings. The maximum absolute atomic E-state index is 10.4. The van der Waals surface area contributed by atoms with E-state index in [-0.39, 0.29) is 0 Å². The van der Waals surface area contributed by atoms with Crippen LogP contribution in [0.5, 0.6) is 0 Å². The van der Waals surface area contributed by atoms with Gasteiger partial charge in [-0.15, -0.1) is 0 Å². The molecule has 0 aromatic carbocycles. The lowest BCUT2D eigenvalue weighted by Crippen LogP contribution is -2.48. The van der Waals surface area contributed by atoms with Crippen LogP contribution in [0.4, 0.5) is 0 Å². The molecular weight excluding hydrogens is 196 g/mol. The quantitative estimate of drug-likeness (QED) is 0.267. The number of carboxylic acids is 1. The minimum atomic E-state index is -2.24. The highest BCUT2D eigenvalue weighted by molar-refractivity contribution is 5.70. The first-order valence-electron chi connectivity index (χ1n) is 3.92. The summed E-state index contributed by atoms with van der Waals surface area (Å²) >= 11 is 0. The van der Waals surface area contributed by atoms with E-state index in [4.69, 9.17) is 30.6 Å². The van der Waals surface area contributed by atoms with Crippen molar-refractivity contribution in [3.63, 3.8) is 0 Å². The normalized spacial score (nSPS) is 20.2. The first kappa shape index (κ1) is 13.3. The summed E-state index contributed by atoms with van der Waals surface area (Å²) in [5.41, 5.74) is 0. The lowest BCUT2D eigenvalue weighted by Gasteiger charge is -2.26. The molecule has 0 fully saturated rings. The van der Waals surface area contributed by atoms with Gasteiger partial charge in [0.1, 0.15) is 12.2 Å². The Kier molecular flexibility index (Phi) is 4.95. The summed E-state index contributed by atoms with van der Waals surface area (Å²) in [4.78, 5) is 10.4. The van der Waals surface area contributed by atoms with Crippen molar-refractivity contribution in [2.24, 2.45) is 5.92 Å². The summed E-state index contributed by atoms with van der Waals surface area (Å²) in [7, 11) is 0. The summed E-state index contributed by atoms with van der Waals surface area (Å²) in [6.45, 7) is 1.12. The van der Waals surface area contributed by atoms with Crippen LogP contribution in [0.2, 0.25) is 0 Å². The van der Waals surface area contributed by atoms with E-state index in [1.54, 1.807) is 0 Å². The maximum atomic E-state index is 10.4. The third-order valence-electron chi connectivity index (χ3n) is 1.91. The zero-order valence-corrected chi connectivity index (χ0v) is 7.48. The number of hydrogen-bond acceptors (Lipinski definition) is 6. The zero-order valence-electron chi connectivity index (χ0n) is 7.48. The summed E-state index contributed by atoms with van der Waals surface area (Å²) in [5, 5.41) is 52.5. The molecule has 0 radical (unpaired) electrons. The largest absolute Gasteiger partial charge is 0.481 e. The Bertz CT molecular complexity index is 192. The summed E-state index contributed by atoms with van der Waals surface area (Å²) in [6, 6.07) is 0. The van der Waals surface area contributed by atoms with Crippen molar-refractivity contribution in [2.75, 3.05) is 0 Å². The van der Waals surface area contributed by atoms with Crippen molar-refractivity contribution in [1.29, 1.82) is 0 Å². The van der Waals surface area contributed by atoms with E-state index in [0.29, 0.717) is 0 Å². The number of carbonyl (C=O) groups is 1. The molecule has 6 N–H and O–H groups in total. The fraction of sp³-hybridized carbons (Fsp3) is 0.857. The Balaban J connectivity index is 4.37. The second kappa shape index (κ2) is 5.23. The van der Waals surface area contributed by atoms with E-state index in [9.17, 15) is 4.79 Å². The second-order valence-electron chi connectivity index (χ2n) is 3.01. The monoisotopic (exact) mass is 210 g/mol. The van der Waals surface area contributed by atoms with E-state index in [1.807, 2.05) is 0 Å². The average molecular weight is 210 g/mol. The summed E-state index contributed by atoms with van der Waals surface area (Å²) < 4.78 is 0. The average Bonchev–Trinajstić information content (AvgIpc) is 2.12. The molecule has 0 saturated carbocycles. The van der Waals surface area contributed by atoms with Crippen LogP contribution < -0.4 is 0 Å². The third kappa shape index (κ3) is 3.20. The van der Waals surface area contributed by atoms with Gasteiger partial charge in [0.15, 0.2) is 6.29 Å². The Morgan fingerprint density at radius 2 is 1.36 bits per heavy atom. The molecule has 0 aromatic heterocycles. The highest BCUT2D eigenvalue weighted by Gasteiger charge is 2.35. The molecule has 0 saturated heterocycles. The molecule has 0 aliphatic heterocycles. The fourth-order valence-electron chi connectivity index (χ4n) is 0.820. The van der Waals surface area contributed by atoms with Crippen molar-refractivity contribution < 1.29 is 35.4 Å². The molecule has 84 valence electrons. The minimum absolute atomic E-state index is 1.12. The van der Waals surface area contributed by atoms with Crippen LogP contribution in [0.1, 0.15) is 6.92 Å². The zero-order chi connectivity index (χ0) is 11.5. The standard InChI is InChI=1S/C7H14O7/c1-2(6(11)12)3(8)4(9)5(10)7(13)14/h2-5,7-10,13-14H,1H3,(H,11,12)/t2?,3-,4?,5?/m1/s1. The van der Waals surface area contributed by atoms with Gasteiger partial charge in [-0.2, -0.15) is 0 Å². The first-order valence-corrected chi connectivity index (χ1v) is 3.92. The highest BCUT2D eigenvalue weighted by Crippen LogP contribution is 2.12. The van der Waals surface area contributed by atoms with Gasteiger partial charge in [-0.05, 0) is 6.92 Å². The van der Waals surface area contributed by atoms with Crippen molar-refractivity contribution in [3.05, 3.63) is 0 Å². The molecule has 0 spiro atoms. The van der Waals surface area contributed by atoms with Crippen molar-refractivity contribution in [2.45, 2.75) is 31.5 Å². The number of hydrogen-bond donors (Lipinski definition) is 6.